The summed E-state index contributed by atoms with van der Waals surface area (Å²) in [5.41, 5.74) is 16.1. The summed E-state index contributed by atoms with van der Waals surface area (Å²) in [6, 6.07) is -5.03. The van der Waals surface area contributed by atoms with Gasteiger partial charge >= 0.3 is 5.97 Å². The quantitative estimate of drug-likeness (QED) is 0.115. The number of nitrogens with one attached hydrogen (secondary N) is 3. The second-order valence-corrected chi connectivity index (χ2v) is 7.92. The number of carbonyl (C=O) groups is 5. The first kappa shape index (κ1) is 29.2. The summed E-state index contributed by atoms with van der Waals surface area (Å²) in [5.74, 6) is -4.88. The zero-order chi connectivity index (χ0) is 25.0. The number of aliphatic hydroxyl groups is 1. The normalized spacial score (nSPS) is 15.7. The lowest BCUT2D eigenvalue weighted by molar-refractivity contribution is -0.145. The highest BCUT2D eigenvalue weighted by Gasteiger charge is 2.32. The lowest BCUT2D eigenvalue weighted by Gasteiger charge is -2.27. The van der Waals surface area contributed by atoms with Gasteiger partial charge in [0.15, 0.2) is 6.04 Å². The third kappa shape index (κ3) is 10.5. The molecule has 184 valence electrons. The van der Waals surface area contributed by atoms with Crippen LogP contribution in [0.15, 0.2) is 0 Å². The van der Waals surface area contributed by atoms with Gasteiger partial charge in [0.05, 0.1) is 18.6 Å². The highest BCUT2D eigenvalue weighted by molar-refractivity contribution is 5.95. The molecule has 0 aromatic rings. The zero-order valence-corrected chi connectivity index (χ0v) is 18.7. The maximum Gasteiger partial charge on any atom is 0.328 e. The molecular weight excluding hydrogens is 424 g/mol. The molecule has 0 aliphatic heterocycles. The van der Waals surface area contributed by atoms with Crippen LogP contribution >= 0.6 is 0 Å². The van der Waals surface area contributed by atoms with E-state index in [2.05, 4.69) is 16.0 Å². The van der Waals surface area contributed by atoms with Gasteiger partial charge in [0.2, 0.25) is 23.6 Å². The smallest absolute Gasteiger partial charge is 0.328 e. The third-order valence-electron chi connectivity index (χ3n) is 4.63. The van der Waals surface area contributed by atoms with E-state index in [1.165, 1.54) is 6.92 Å². The van der Waals surface area contributed by atoms with E-state index in [0.29, 0.717) is 19.4 Å². The van der Waals surface area contributed by atoms with E-state index in [1.807, 2.05) is 0 Å². The zero-order valence-electron chi connectivity index (χ0n) is 18.7. The molecule has 13 heteroatoms. The average molecular weight is 461 g/mol. The third-order valence-corrected chi connectivity index (χ3v) is 4.63. The molecule has 0 bridgehead atoms. The maximum absolute atomic E-state index is 12.8. The number of aliphatic hydroxyl groups excluding tert-OH is 1. The number of carboxylic acids is 1. The fourth-order valence-corrected chi connectivity index (χ4v) is 2.77. The van der Waals surface area contributed by atoms with Crippen molar-refractivity contribution in [2.45, 2.75) is 76.7 Å². The van der Waals surface area contributed by atoms with Crippen molar-refractivity contribution in [2.24, 2.45) is 23.1 Å². The van der Waals surface area contributed by atoms with Gasteiger partial charge in [-0.15, -0.1) is 0 Å². The SMILES string of the molecule is CC(C)C(NC(=O)C(N)CC(N)=O)C(=O)NC(CCCCN)C(=O)NC(C(=O)O)C(C)O. The molecule has 0 aliphatic rings. The van der Waals surface area contributed by atoms with E-state index in [9.17, 15) is 34.2 Å². The van der Waals surface area contributed by atoms with Crippen molar-refractivity contribution in [2.75, 3.05) is 6.54 Å². The number of hydrogen-bond acceptors (Lipinski definition) is 8. The van der Waals surface area contributed by atoms with E-state index in [4.69, 9.17) is 17.2 Å². The lowest BCUT2D eigenvalue weighted by Crippen LogP contribution is -2.59. The molecule has 32 heavy (non-hydrogen) atoms. The predicted molar refractivity (Wildman–Crippen MR) is 115 cm³/mol. The van der Waals surface area contributed by atoms with Gasteiger partial charge in [0, 0.05) is 0 Å². The van der Waals surface area contributed by atoms with Crippen molar-refractivity contribution in [1.82, 2.24) is 16.0 Å². The van der Waals surface area contributed by atoms with Crippen LogP contribution in [0.2, 0.25) is 0 Å². The van der Waals surface area contributed by atoms with E-state index in [0.717, 1.165) is 0 Å². The van der Waals surface area contributed by atoms with E-state index in [-0.39, 0.29) is 6.42 Å². The number of unbranched alkanes of at least 4 members (excludes halogenated alkanes) is 1. The molecule has 4 amide bonds. The Bertz CT molecular complexity index is 671. The second kappa shape index (κ2) is 14.3. The van der Waals surface area contributed by atoms with Crippen molar-refractivity contribution in [3.63, 3.8) is 0 Å². The average Bonchev–Trinajstić information content (AvgIpc) is 2.67. The van der Waals surface area contributed by atoms with Crippen molar-refractivity contribution in [3.8, 4) is 0 Å². The summed E-state index contributed by atoms with van der Waals surface area (Å²) >= 11 is 0. The van der Waals surface area contributed by atoms with Gasteiger partial charge in [-0.3, -0.25) is 19.2 Å². The topological polar surface area (TPSA) is 240 Å². The van der Waals surface area contributed by atoms with Gasteiger partial charge in [0.25, 0.3) is 0 Å². The van der Waals surface area contributed by atoms with Crippen LogP contribution in [0, 0.1) is 5.92 Å². The Labute approximate surface area is 186 Å². The molecule has 0 saturated heterocycles. The first-order valence-electron chi connectivity index (χ1n) is 10.4. The van der Waals surface area contributed by atoms with Crippen LogP contribution in [0.3, 0.4) is 0 Å². The molecule has 0 rings (SSSR count). The fourth-order valence-electron chi connectivity index (χ4n) is 2.77. The van der Waals surface area contributed by atoms with E-state index in [1.54, 1.807) is 13.8 Å². The molecule has 0 spiro atoms. The molecule has 5 atom stereocenters. The minimum absolute atomic E-state index is 0.154. The minimum atomic E-state index is -1.57. The Morgan fingerprint density at radius 1 is 0.875 bits per heavy atom. The monoisotopic (exact) mass is 460 g/mol. The molecule has 0 aromatic carbocycles. The Kier molecular flexibility index (Phi) is 13.1. The van der Waals surface area contributed by atoms with Crippen molar-refractivity contribution < 1.29 is 34.2 Å². The Balaban J connectivity index is 5.43. The summed E-state index contributed by atoms with van der Waals surface area (Å²) in [7, 11) is 0. The minimum Gasteiger partial charge on any atom is -0.480 e. The molecule has 0 fully saturated rings. The standard InChI is InChI=1S/C19H36N6O7/c1-9(2)14(24-16(28)11(21)8-13(22)27)18(30)23-12(6-4-5-7-20)17(29)25-15(10(3)26)19(31)32/h9-12,14-15,26H,4-8,20-21H2,1-3H3,(H2,22,27)(H,23,30)(H,24,28)(H,25,29)(H,31,32). The van der Waals surface area contributed by atoms with Crippen LogP contribution < -0.4 is 33.2 Å². The van der Waals surface area contributed by atoms with E-state index < -0.39 is 72.2 Å². The molecule has 0 radical (unpaired) electrons. The second-order valence-electron chi connectivity index (χ2n) is 7.92. The number of amides is 4. The van der Waals surface area contributed by atoms with Crippen LogP contribution in [-0.4, -0.2) is 76.6 Å². The molecule has 11 N–H and O–H groups in total. The van der Waals surface area contributed by atoms with Crippen LogP contribution in [-0.2, 0) is 24.0 Å². The lowest BCUT2D eigenvalue weighted by atomic mass is 10.0. The summed E-state index contributed by atoms with van der Waals surface area (Å²) in [6.45, 7) is 4.87. The van der Waals surface area contributed by atoms with Crippen LogP contribution in [0.25, 0.3) is 0 Å². The summed E-state index contributed by atoms with van der Waals surface area (Å²) < 4.78 is 0. The van der Waals surface area contributed by atoms with Crippen LogP contribution in [0.5, 0.6) is 0 Å². The fraction of sp³-hybridized carbons (Fsp3) is 0.737. The number of primary amides is 1. The van der Waals surface area contributed by atoms with Gasteiger partial charge in [-0.1, -0.05) is 13.8 Å². The van der Waals surface area contributed by atoms with Gasteiger partial charge < -0.3 is 43.4 Å². The first-order valence-corrected chi connectivity index (χ1v) is 10.4. The Morgan fingerprint density at radius 2 is 1.44 bits per heavy atom. The highest BCUT2D eigenvalue weighted by atomic mass is 16.4. The molecule has 13 nitrogen and oxygen atoms in total. The Hall–Kier alpha value is -2.77. The molecule has 0 saturated carbocycles. The van der Waals surface area contributed by atoms with Gasteiger partial charge in [-0.2, -0.15) is 0 Å². The van der Waals surface area contributed by atoms with Crippen molar-refractivity contribution >= 4 is 29.6 Å². The number of carboxylic acid groups (broad SMARTS) is 1. The van der Waals surface area contributed by atoms with Gasteiger partial charge in [-0.25, -0.2) is 4.79 Å². The molecule has 5 unspecified atom stereocenters. The van der Waals surface area contributed by atoms with E-state index >= 15 is 0 Å². The largest absolute Gasteiger partial charge is 0.480 e. The van der Waals surface area contributed by atoms with Crippen LogP contribution in [0.1, 0.15) is 46.5 Å². The number of aliphatic carboxylic acids is 1. The molecule has 0 aliphatic carbocycles. The molecule has 0 heterocycles. The first-order chi connectivity index (χ1) is 14.8. The highest BCUT2D eigenvalue weighted by Crippen LogP contribution is 2.07. The number of carbonyl (C=O) groups excluding carboxylic acids is 4. The van der Waals surface area contributed by atoms with Crippen molar-refractivity contribution in [3.05, 3.63) is 0 Å². The summed E-state index contributed by atoms with van der Waals surface area (Å²) in [4.78, 5) is 59.9. The number of hydrogen-bond donors (Lipinski definition) is 8. The van der Waals surface area contributed by atoms with Crippen LogP contribution in [0.4, 0.5) is 0 Å². The number of nitrogens with two attached hydrogens (primary N) is 3. The van der Waals surface area contributed by atoms with Gasteiger partial charge in [0.1, 0.15) is 12.1 Å². The summed E-state index contributed by atoms with van der Waals surface area (Å²) in [5, 5.41) is 25.9. The molecular formula is C19H36N6O7. The maximum atomic E-state index is 12.8. The summed E-state index contributed by atoms with van der Waals surface area (Å²) in [6.07, 6.45) is -0.598. The van der Waals surface area contributed by atoms with Gasteiger partial charge in [-0.05, 0) is 38.6 Å². The Morgan fingerprint density at radius 3 is 1.88 bits per heavy atom. The predicted octanol–water partition coefficient (Wildman–Crippen LogP) is -3.11. The molecule has 0 aromatic heterocycles. The number of rotatable bonds is 15. The van der Waals surface area contributed by atoms with Crippen molar-refractivity contribution in [1.29, 1.82) is 0 Å².